The number of benzene rings is 2. The van der Waals surface area contributed by atoms with E-state index in [-0.39, 0.29) is 11.6 Å². The number of para-hydroxylation sites is 1. The topological polar surface area (TPSA) is 92.6 Å². The van der Waals surface area contributed by atoms with Gasteiger partial charge in [-0.15, -0.1) is 0 Å². The van der Waals surface area contributed by atoms with Crippen molar-refractivity contribution in [2.24, 2.45) is 5.92 Å². The smallest absolute Gasteiger partial charge is 0.267 e. The Kier molecular flexibility index (Phi) is 5.02. The van der Waals surface area contributed by atoms with Crippen molar-refractivity contribution in [3.8, 4) is 5.69 Å². The van der Waals surface area contributed by atoms with Gasteiger partial charge in [0.2, 0.25) is 0 Å². The zero-order valence-electron chi connectivity index (χ0n) is 19.5. The predicted molar refractivity (Wildman–Crippen MR) is 140 cm³/mol. The summed E-state index contributed by atoms with van der Waals surface area (Å²) in [5, 5.41) is 8.93. The summed E-state index contributed by atoms with van der Waals surface area (Å²) in [5.41, 5.74) is 1.94. The zero-order valence-corrected chi connectivity index (χ0v) is 20.3. The van der Waals surface area contributed by atoms with E-state index in [0.717, 1.165) is 36.2 Å². The second-order valence-corrected chi connectivity index (χ2v) is 10.1. The quantitative estimate of drug-likeness (QED) is 0.367. The third-order valence-corrected chi connectivity index (χ3v) is 8.06. The van der Waals surface area contributed by atoms with E-state index in [1.807, 2.05) is 42.5 Å². The minimum Gasteiger partial charge on any atom is -0.342 e. The Morgan fingerprint density at radius 3 is 2.75 bits per heavy atom. The summed E-state index contributed by atoms with van der Waals surface area (Å²) in [4.78, 5) is 30.7. The third kappa shape index (κ3) is 3.24. The largest absolute Gasteiger partial charge is 0.342 e. The highest BCUT2D eigenvalue weighted by atomic mass is 35.5. The molecule has 0 radical (unpaired) electrons. The molecule has 4 heterocycles. The van der Waals surface area contributed by atoms with Crippen molar-refractivity contribution in [3.05, 3.63) is 82.3 Å². The lowest BCUT2D eigenvalue weighted by Gasteiger charge is -2.35. The number of nitrogens with one attached hydrogen (secondary N) is 1. The average Bonchev–Trinajstić information content (AvgIpc) is 3.54. The normalized spacial score (nSPS) is 21.8. The van der Waals surface area contributed by atoms with Crippen LogP contribution in [0.1, 0.15) is 44.0 Å². The van der Waals surface area contributed by atoms with E-state index in [9.17, 15) is 4.79 Å². The van der Waals surface area contributed by atoms with Gasteiger partial charge >= 0.3 is 0 Å². The molecule has 1 aliphatic heterocycles. The first-order chi connectivity index (χ1) is 17.7. The van der Waals surface area contributed by atoms with Crippen LogP contribution in [0.25, 0.3) is 27.6 Å². The minimum absolute atomic E-state index is 0.137. The van der Waals surface area contributed by atoms with Crippen molar-refractivity contribution in [2.75, 3.05) is 4.90 Å². The van der Waals surface area contributed by atoms with Crippen molar-refractivity contribution in [1.82, 2.24) is 29.7 Å². The lowest BCUT2D eigenvalue weighted by Crippen LogP contribution is -2.38. The first kappa shape index (κ1) is 21.5. The van der Waals surface area contributed by atoms with Gasteiger partial charge in [-0.05, 0) is 49.4 Å². The summed E-state index contributed by atoms with van der Waals surface area (Å²) >= 11 is 6.52. The van der Waals surface area contributed by atoms with Gasteiger partial charge in [0.1, 0.15) is 18.0 Å². The second-order valence-electron chi connectivity index (χ2n) is 9.68. The molecule has 5 aromatic rings. The van der Waals surface area contributed by atoms with Gasteiger partial charge in [0, 0.05) is 6.04 Å². The van der Waals surface area contributed by atoms with E-state index in [4.69, 9.17) is 21.6 Å². The molecule has 1 N–H and O–H groups in total. The lowest BCUT2D eigenvalue weighted by molar-refractivity contribution is 0.341. The number of aromatic amines is 1. The van der Waals surface area contributed by atoms with Crippen LogP contribution in [0, 0.1) is 5.92 Å². The molecule has 0 spiro atoms. The maximum Gasteiger partial charge on any atom is 0.267 e. The van der Waals surface area contributed by atoms with Gasteiger partial charge in [-0.25, -0.2) is 15.0 Å². The summed E-state index contributed by atoms with van der Waals surface area (Å²) in [6.45, 7) is 0. The van der Waals surface area contributed by atoms with Crippen LogP contribution in [0.2, 0.25) is 5.02 Å². The molecule has 36 heavy (non-hydrogen) atoms. The van der Waals surface area contributed by atoms with Crippen molar-refractivity contribution < 1.29 is 0 Å². The van der Waals surface area contributed by atoms with Crippen LogP contribution >= 0.6 is 11.6 Å². The molecule has 7 rings (SSSR count). The van der Waals surface area contributed by atoms with Crippen LogP contribution in [0.15, 0.2) is 65.8 Å². The fourth-order valence-corrected chi connectivity index (χ4v) is 6.46. The molecular weight excluding hydrogens is 474 g/mol. The summed E-state index contributed by atoms with van der Waals surface area (Å²) in [7, 11) is 0. The Bertz CT molecular complexity index is 1650. The highest BCUT2D eigenvalue weighted by molar-refractivity contribution is 6.35. The Morgan fingerprint density at radius 2 is 1.86 bits per heavy atom. The molecule has 0 amide bonds. The zero-order chi connectivity index (χ0) is 24.2. The molecule has 0 unspecified atom stereocenters. The van der Waals surface area contributed by atoms with Crippen LogP contribution in [-0.4, -0.2) is 35.8 Å². The summed E-state index contributed by atoms with van der Waals surface area (Å²) in [6, 6.07) is 15.3. The summed E-state index contributed by atoms with van der Waals surface area (Å²) < 4.78 is 1.75. The first-order valence-electron chi connectivity index (χ1n) is 12.4. The standard InChI is InChI=1S/C27H24ClN7O/c28-19-10-6-11-20-23(19)27(36)34(17-8-2-1-3-9-17)26(32-20)22-13-16-7-4-5-12-21(16)35(22)25-18-14-31-33-24(18)29-15-30-25/h1-3,6,8-11,14-16,21-22H,4-5,7,12-13H2,(H,29,30,31,33)/t16-,21-,22-/m0/s1. The van der Waals surface area contributed by atoms with Crippen molar-refractivity contribution in [3.63, 3.8) is 0 Å². The maximum absolute atomic E-state index is 14.0. The fraction of sp³-hybridized carbons (Fsp3) is 0.296. The summed E-state index contributed by atoms with van der Waals surface area (Å²) in [6.07, 6.45) is 8.91. The minimum atomic E-state index is -0.155. The van der Waals surface area contributed by atoms with E-state index in [0.29, 0.717) is 39.4 Å². The number of hydrogen-bond acceptors (Lipinski definition) is 6. The van der Waals surface area contributed by atoms with E-state index < -0.39 is 0 Å². The van der Waals surface area contributed by atoms with E-state index in [2.05, 4.69) is 20.1 Å². The molecular formula is C27H24ClN7O. The lowest BCUT2D eigenvalue weighted by atomic mass is 9.84. The third-order valence-electron chi connectivity index (χ3n) is 7.74. The first-order valence-corrected chi connectivity index (χ1v) is 12.8. The van der Waals surface area contributed by atoms with E-state index in [1.54, 1.807) is 23.2 Å². The number of aromatic nitrogens is 6. The number of hydrogen-bond donors (Lipinski definition) is 1. The monoisotopic (exact) mass is 497 g/mol. The number of halogens is 1. The molecule has 3 atom stereocenters. The highest BCUT2D eigenvalue weighted by Gasteiger charge is 2.46. The predicted octanol–water partition coefficient (Wildman–Crippen LogP) is 5.22. The van der Waals surface area contributed by atoms with Crippen LogP contribution in [0.4, 0.5) is 5.82 Å². The number of rotatable bonds is 3. The molecule has 3 aromatic heterocycles. The molecule has 2 aromatic carbocycles. The van der Waals surface area contributed by atoms with E-state index >= 15 is 0 Å². The average molecular weight is 498 g/mol. The molecule has 2 aliphatic rings. The Labute approximate surface area is 212 Å². The molecule has 0 bridgehead atoms. The van der Waals surface area contributed by atoms with Crippen LogP contribution in [0.5, 0.6) is 0 Å². The van der Waals surface area contributed by atoms with Gasteiger partial charge in [0.25, 0.3) is 5.56 Å². The van der Waals surface area contributed by atoms with Crippen molar-refractivity contribution in [1.29, 1.82) is 0 Å². The molecule has 1 aliphatic carbocycles. The van der Waals surface area contributed by atoms with Gasteiger partial charge in [-0.1, -0.05) is 48.7 Å². The van der Waals surface area contributed by atoms with Crippen molar-refractivity contribution in [2.45, 2.75) is 44.2 Å². The van der Waals surface area contributed by atoms with Crippen LogP contribution < -0.4 is 10.5 Å². The maximum atomic E-state index is 14.0. The molecule has 2 fully saturated rings. The number of fused-ring (bicyclic) bond motifs is 3. The Hall–Kier alpha value is -3.78. The Morgan fingerprint density at radius 1 is 1.00 bits per heavy atom. The Balaban J connectivity index is 1.51. The number of H-pyrrole nitrogens is 1. The van der Waals surface area contributed by atoms with Gasteiger partial charge in [0.15, 0.2) is 5.65 Å². The van der Waals surface area contributed by atoms with E-state index in [1.165, 1.54) is 12.8 Å². The van der Waals surface area contributed by atoms with Gasteiger partial charge in [-0.3, -0.25) is 14.5 Å². The molecule has 180 valence electrons. The molecule has 9 heteroatoms. The van der Waals surface area contributed by atoms with Crippen LogP contribution in [0.3, 0.4) is 0 Å². The summed E-state index contributed by atoms with van der Waals surface area (Å²) in [5.74, 6) is 2.05. The second kappa shape index (κ2) is 8.41. The molecule has 1 saturated heterocycles. The molecule has 1 saturated carbocycles. The molecule has 8 nitrogen and oxygen atoms in total. The fourth-order valence-electron chi connectivity index (χ4n) is 6.21. The van der Waals surface area contributed by atoms with Gasteiger partial charge in [-0.2, -0.15) is 5.10 Å². The number of anilines is 1. The number of nitrogens with zero attached hydrogens (tertiary/aromatic N) is 6. The highest BCUT2D eigenvalue weighted by Crippen LogP contribution is 2.48. The SMILES string of the molecule is O=c1c2c(Cl)cccc2nc([C@@H]2C[C@@H]3CCCC[C@@H]3N2c2ncnc3[nH]ncc23)n1-c1ccccc1. The van der Waals surface area contributed by atoms with Gasteiger partial charge < -0.3 is 4.90 Å². The van der Waals surface area contributed by atoms with Crippen molar-refractivity contribution >= 4 is 39.4 Å². The van der Waals surface area contributed by atoms with Gasteiger partial charge in [0.05, 0.1) is 39.2 Å². The van der Waals surface area contributed by atoms with Crippen LogP contribution in [-0.2, 0) is 0 Å².